The molecule has 1 nitrogen and oxygen atoms in total. The van der Waals surface area contributed by atoms with E-state index >= 15 is 0 Å². The zero-order valence-corrected chi connectivity index (χ0v) is 7.60. The van der Waals surface area contributed by atoms with Gasteiger partial charge in [0.25, 0.3) is 0 Å². The van der Waals surface area contributed by atoms with Gasteiger partial charge in [-0.25, -0.2) is 0 Å². The lowest BCUT2D eigenvalue weighted by Crippen LogP contribution is -2.24. The highest BCUT2D eigenvalue weighted by atomic mass is 16.5. The van der Waals surface area contributed by atoms with E-state index in [1.165, 1.54) is 18.4 Å². The molecule has 0 bridgehead atoms. The van der Waals surface area contributed by atoms with Crippen LogP contribution in [0, 0.1) is 5.92 Å². The molecule has 64 valence electrons. The number of hydrogen-bond donors (Lipinski definition) is 0. The summed E-state index contributed by atoms with van der Waals surface area (Å²) in [5, 5.41) is 0. The molecule has 0 aliphatic carbocycles. The molecule has 0 radical (unpaired) electrons. The Morgan fingerprint density at radius 1 is 1.64 bits per heavy atom. The van der Waals surface area contributed by atoms with Gasteiger partial charge in [-0.05, 0) is 32.1 Å². The highest BCUT2D eigenvalue weighted by molar-refractivity contribution is 4.91. The van der Waals surface area contributed by atoms with Crippen LogP contribution in [0.25, 0.3) is 0 Å². The fraction of sp³-hybridized carbons (Fsp3) is 0.800. The standard InChI is InChI=1S/C10H18O/c1-8(2)6-10-7-9(3)4-5-11-10/h9-10H,1,4-7H2,2-3H3/t9-,10+/m0/s1. The Bertz CT molecular complexity index is 140. The molecule has 11 heavy (non-hydrogen) atoms. The van der Waals surface area contributed by atoms with Crippen LogP contribution in [-0.2, 0) is 4.74 Å². The maximum atomic E-state index is 5.60. The molecule has 1 rings (SSSR count). The molecular weight excluding hydrogens is 136 g/mol. The SMILES string of the molecule is C=C(C)C[C@@H]1C[C@@H](C)CCO1. The molecule has 1 aliphatic heterocycles. The van der Waals surface area contributed by atoms with Crippen LogP contribution in [0.1, 0.15) is 33.1 Å². The molecule has 1 fully saturated rings. The molecule has 0 aromatic rings. The third kappa shape index (κ3) is 3.06. The van der Waals surface area contributed by atoms with E-state index in [2.05, 4.69) is 20.4 Å². The summed E-state index contributed by atoms with van der Waals surface area (Å²) < 4.78 is 5.60. The summed E-state index contributed by atoms with van der Waals surface area (Å²) in [7, 11) is 0. The van der Waals surface area contributed by atoms with Gasteiger partial charge in [-0.3, -0.25) is 0 Å². The van der Waals surface area contributed by atoms with Crippen LogP contribution in [0.5, 0.6) is 0 Å². The number of hydrogen-bond acceptors (Lipinski definition) is 1. The topological polar surface area (TPSA) is 9.23 Å². The zero-order chi connectivity index (χ0) is 8.27. The molecule has 0 spiro atoms. The summed E-state index contributed by atoms with van der Waals surface area (Å²) in [6.07, 6.45) is 3.94. The first kappa shape index (κ1) is 8.79. The summed E-state index contributed by atoms with van der Waals surface area (Å²) in [6, 6.07) is 0. The molecule has 1 saturated heterocycles. The Hall–Kier alpha value is -0.300. The first-order chi connectivity index (χ1) is 5.18. The van der Waals surface area contributed by atoms with Crippen molar-refractivity contribution in [2.45, 2.75) is 39.2 Å². The van der Waals surface area contributed by atoms with Gasteiger partial charge in [-0.1, -0.05) is 12.5 Å². The molecular formula is C10H18O. The highest BCUT2D eigenvalue weighted by Gasteiger charge is 2.18. The lowest BCUT2D eigenvalue weighted by atomic mass is 9.94. The number of ether oxygens (including phenoxy) is 1. The zero-order valence-electron chi connectivity index (χ0n) is 7.60. The molecule has 1 aliphatic rings. The minimum Gasteiger partial charge on any atom is -0.378 e. The average molecular weight is 154 g/mol. The van der Waals surface area contributed by atoms with Crippen LogP contribution in [0.15, 0.2) is 12.2 Å². The fourth-order valence-corrected chi connectivity index (χ4v) is 1.60. The van der Waals surface area contributed by atoms with E-state index in [1.807, 2.05) is 0 Å². The van der Waals surface area contributed by atoms with Crippen LogP contribution >= 0.6 is 0 Å². The monoisotopic (exact) mass is 154 g/mol. The molecule has 0 aromatic heterocycles. The molecule has 0 saturated carbocycles. The van der Waals surface area contributed by atoms with Crippen molar-refractivity contribution in [3.8, 4) is 0 Å². The highest BCUT2D eigenvalue weighted by Crippen LogP contribution is 2.23. The Morgan fingerprint density at radius 3 is 2.91 bits per heavy atom. The Morgan fingerprint density at radius 2 is 2.36 bits per heavy atom. The molecule has 1 heterocycles. The molecule has 1 heteroatoms. The Labute approximate surface area is 69.4 Å². The van der Waals surface area contributed by atoms with Gasteiger partial charge in [0.2, 0.25) is 0 Å². The van der Waals surface area contributed by atoms with E-state index in [4.69, 9.17) is 4.74 Å². The molecule has 0 unspecified atom stereocenters. The van der Waals surface area contributed by atoms with Gasteiger partial charge < -0.3 is 4.74 Å². The minimum atomic E-state index is 0.455. The van der Waals surface area contributed by atoms with Crippen molar-refractivity contribution in [3.63, 3.8) is 0 Å². The van der Waals surface area contributed by atoms with Gasteiger partial charge in [0.1, 0.15) is 0 Å². The normalized spacial score (nSPS) is 31.8. The van der Waals surface area contributed by atoms with Gasteiger partial charge in [0.05, 0.1) is 6.10 Å². The van der Waals surface area contributed by atoms with E-state index in [9.17, 15) is 0 Å². The van der Waals surface area contributed by atoms with Crippen LogP contribution in [0.2, 0.25) is 0 Å². The second-order valence-electron chi connectivity index (χ2n) is 3.78. The van der Waals surface area contributed by atoms with Crippen molar-refractivity contribution in [2.75, 3.05) is 6.61 Å². The van der Waals surface area contributed by atoms with E-state index in [0.717, 1.165) is 18.9 Å². The summed E-state index contributed by atoms with van der Waals surface area (Å²) in [4.78, 5) is 0. The maximum Gasteiger partial charge on any atom is 0.0614 e. The lowest BCUT2D eigenvalue weighted by Gasteiger charge is -2.27. The third-order valence-corrected chi connectivity index (χ3v) is 2.21. The van der Waals surface area contributed by atoms with Crippen LogP contribution < -0.4 is 0 Å². The first-order valence-electron chi connectivity index (χ1n) is 4.44. The lowest BCUT2D eigenvalue weighted by molar-refractivity contribution is -0.00398. The first-order valence-corrected chi connectivity index (χ1v) is 4.44. The van der Waals surface area contributed by atoms with E-state index in [1.54, 1.807) is 0 Å². The van der Waals surface area contributed by atoms with Crippen LogP contribution in [0.3, 0.4) is 0 Å². The van der Waals surface area contributed by atoms with Crippen molar-refractivity contribution < 1.29 is 4.74 Å². The maximum absolute atomic E-state index is 5.60. The Balaban J connectivity index is 2.28. The summed E-state index contributed by atoms with van der Waals surface area (Å²) >= 11 is 0. The van der Waals surface area contributed by atoms with Gasteiger partial charge in [0, 0.05) is 6.61 Å². The van der Waals surface area contributed by atoms with Crippen molar-refractivity contribution in [1.29, 1.82) is 0 Å². The van der Waals surface area contributed by atoms with Crippen molar-refractivity contribution in [3.05, 3.63) is 12.2 Å². The number of rotatable bonds is 2. The molecule has 0 amide bonds. The Kier molecular flexibility index (Phi) is 3.13. The fourth-order valence-electron chi connectivity index (χ4n) is 1.60. The van der Waals surface area contributed by atoms with Crippen molar-refractivity contribution in [1.82, 2.24) is 0 Å². The molecule has 0 aromatic carbocycles. The van der Waals surface area contributed by atoms with E-state index in [0.29, 0.717) is 6.10 Å². The van der Waals surface area contributed by atoms with Crippen LogP contribution in [-0.4, -0.2) is 12.7 Å². The van der Waals surface area contributed by atoms with Gasteiger partial charge in [-0.15, -0.1) is 6.58 Å². The smallest absolute Gasteiger partial charge is 0.0614 e. The minimum absolute atomic E-state index is 0.455. The predicted octanol–water partition coefficient (Wildman–Crippen LogP) is 2.77. The molecule has 0 N–H and O–H groups in total. The second kappa shape index (κ2) is 3.91. The van der Waals surface area contributed by atoms with Gasteiger partial charge >= 0.3 is 0 Å². The quantitative estimate of drug-likeness (QED) is 0.556. The predicted molar refractivity (Wildman–Crippen MR) is 47.6 cm³/mol. The van der Waals surface area contributed by atoms with Crippen molar-refractivity contribution >= 4 is 0 Å². The van der Waals surface area contributed by atoms with Gasteiger partial charge in [-0.2, -0.15) is 0 Å². The molecule has 2 atom stereocenters. The second-order valence-corrected chi connectivity index (χ2v) is 3.78. The van der Waals surface area contributed by atoms with E-state index in [-0.39, 0.29) is 0 Å². The summed E-state index contributed by atoms with van der Waals surface area (Å²) in [5.41, 5.74) is 1.24. The van der Waals surface area contributed by atoms with Crippen LogP contribution in [0.4, 0.5) is 0 Å². The van der Waals surface area contributed by atoms with Gasteiger partial charge in [0.15, 0.2) is 0 Å². The third-order valence-electron chi connectivity index (χ3n) is 2.21. The van der Waals surface area contributed by atoms with E-state index < -0.39 is 0 Å². The summed E-state index contributed by atoms with van der Waals surface area (Å²) in [6.45, 7) is 9.21. The summed E-state index contributed by atoms with van der Waals surface area (Å²) in [5.74, 6) is 0.841. The largest absolute Gasteiger partial charge is 0.378 e. The average Bonchev–Trinajstić information content (AvgIpc) is 1.85. The van der Waals surface area contributed by atoms with Crippen molar-refractivity contribution in [2.24, 2.45) is 5.92 Å².